The molecule has 0 aromatic carbocycles. The third kappa shape index (κ3) is 3.01. The van der Waals surface area contributed by atoms with Crippen LogP contribution in [0.3, 0.4) is 0 Å². The van der Waals surface area contributed by atoms with Crippen molar-refractivity contribution in [3.05, 3.63) is 0 Å². The van der Waals surface area contributed by atoms with Crippen molar-refractivity contribution in [3.63, 3.8) is 0 Å². The van der Waals surface area contributed by atoms with Crippen molar-refractivity contribution >= 4 is 0 Å². The average molecular weight is 241 g/mol. The molecule has 0 aromatic rings. The van der Waals surface area contributed by atoms with Crippen LogP contribution in [-0.2, 0) is 9.47 Å². The van der Waals surface area contributed by atoms with Crippen LogP contribution in [0.25, 0.3) is 0 Å². The zero-order chi connectivity index (χ0) is 12.4. The number of nitrogens with two attached hydrogens (primary N) is 1. The van der Waals surface area contributed by atoms with Crippen LogP contribution in [0.4, 0.5) is 0 Å². The van der Waals surface area contributed by atoms with Gasteiger partial charge in [-0.2, -0.15) is 0 Å². The molecule has 5 unspecified atom stereocenters. The predicted molar refractivity (Wildman–Crippen MR) is 68.8 cm³/mol. The number of hydrogen-bond donors (Lipinski definition) is 1. The smallest absolute Gasteiger partial charge is 0.0597 e. The molecule has 2 aliphatic heterocycles. The van der Waals surface area contributed by atoms with Gasteiger partial charge in [0.05, 0.1) is 12.2 Å². The molecule has 3 heteroatoms. The Labute approximate surface area is 105 Å². The maximum atomic E-state index is 6.43. The number of ether oxygens (including phenoxy) is 2. The van der Waals surface area contributed by atoms with Crippen molar-refractivity contribution < 1.29 is 9.47 Å². The molecule has 3 nitrogen and oxygen atoms in total. The van der Waals surface area contributed by atoms with Crippen molar-refractivity contribution in [2.75, 3.05) is 13.2 Å². The highest BCUT2D eigenvalue weighted by atomic mass is 16.5. The van der Waals surface area contributed by atoms with Gasteiger partial charge in [-0.05, 0) is 44.9 Å². The van der Waals surface area contributed by atoms with E-state index in [2.05, 4.69) is 20.8 Å². The summed E-state index contributed by atoms with van der Waals surface area (Å²) in [4.78, 5) is 0. The lowest BCUT2D eigenvalue weighted by molar-refractivity contribution is 0.0427. The van der Waals surface area contributed by atoms with Gasteiger partial charge in [-0.15, -0.1) is 0 Å². The molecule has 17 heavy (non-hydrogen) atoms. The van der Waals surface area contributed by atoms with E-state index in [0.717, 1.165) is 25.6 Å². The number of hydrogen-bond acceptors (Lipinski definition) is 3. The summed E-state index contributed by atoms with van der Waals surface area (Å²) in [6.07, 6.45) is 4.17. The maximum Gasteiger partial charge on any atom is 0.0597 e. The lowest BCUT2D eigenvalue weighted by Gasteiger charge is -2.30. The summed E-state index contributed by atoms with van der Waals surface area (Å²) >= 11 is 0. The SMILES string of the molecule is CC1OC(C)C(C(N)CC2CCOCC2)C1C. The third-order valence-electron chi connectivity index (χ3n) is 4.76. The van der Waals surface area contributed by atoms with Crippen molar-refractivity contribution in [3.8, 4) is 0 Å². The summed E-state index contributed by atoms with van der Waals surface area (Å²) in [7, 11) is 0. The Morgan fingerprint density at radius 2 is 1.76 bits per heavy atom. The minimum Gasteiger partial charge on any atom is -0.381 e. The van der Waals surface area contributed by atoms with Crippen LogP contribution in [0, 0.1) is 17.8 Å². The molecule has 0 aromatic heterocycles. The Hall–Kier alpha value is -0.120. The van der Waals surface area contributed by atoms with Gasteiger partial charge in [0.15, 0.2) is 0 Å². The summed E-state index contributed by atoms with van der Waals surface area (Å²) in [5.74, 6) is 1.86. The monoisotopic (exact) mass is 241 g/mol. The first-order valence-electron chi connectivity index (χ1n) is 7.08. The minimum absolute atomic E-state index is 0.285. The van der Waals surface area contributed by atoms with Crippen LogP contribution in [0.2, 0.25) is 0 Å². The molecular formula is C14H27NO2. The highest BCUT2D eigenvalue weighted by Crippen LogP contribution is 2.36. The van der Waals surface area contributed by atoms with Crippen LogP contribution >= 0.6 is 0 Å². The molecule has 0 amide bonds. The van der Waals surface area contributed by atoms with Gasteiger partial charge in [-0.25, -0.2) is 0 Å². The Morgan fingerprint density at radius 1 is 1.12 bits per heavy atom. The van der Waals surface area contributed by atoms with E-state index < -0.39 is 0 Å². The second-order valence-electron chi connectivity index (χ2n) is 5.94. The normalized spacial score (nSPS) is 41.6. The van der Waals surface area contributed by atoms with Crippen LogP contribution < -0.4 is 5.73 Å². The van der Waals surface area contributed by atoms with Gasteiger partial charge in [-0.1, -0.05) is 6.92 Å². The van der Waals surface area contributed by atoms with E-state index in [1.165, 1.54) is 12.8 Å². The second kappa shape index (κ2) is 5.68. The Morgan fingerprint density at radius 3 is 2.29 bits per heavy atom. The van der Waals surface area contributed by atoms with Gasteiger partial charge >= 0.3 is 0 Å². The summed E-state index contributed by atoms with van der Waals surface area (Å²) in [6, 6.07) is 0.285. The Balaban J connectivity index is 1.88. The minimum atomic E-state index is 0.285. The van der Waals surface area contributed by atoms with E-state index in [9.17, 15) is 0 Å². The van der Waals surface area contributed by atoms with E-state index in [-0.39, 0.29) is 6.04 Å². The third-order valence-corrected chi connectivity index (χ3v) is 4.76. The van der Waals surface area contributed by atoms with Crippen molar-refractivity contribution in [1.29, 1.82) is 0 Å². The summed E-state index contributed by atoms with van der Waals surface area (Å²) in [5, 5.41) is 0. The van der Waals surface area contributed by atoms with Gasteiger partial charge in [-0.3, -0.25) is 0 Å². The first kappa shape index (κ1) is 13.3. The second-order valence-corrected chi connectivity index (χ2v) is 5.94. The van der Waals surface area contributed by atoms with Gasteiger partial charge in [0, 0.05) is 25.2 Å². The molecule has 2 aliphatic rings. The summed E-state index contributed by atoms with van der Waals surface area (Å²) < 4.78 is 11.3. The molecule has 0 radical (unpaired) electrons. The quantitative estimate of drug-likeness (QED) is 0.823. The van der Waals surface area contributed by atoms with E-state index in [1.54, 1.807) is 0 Å². The highest BCUT2D eigenvalue weighted by molar-refractivity contribution is 4.91. The first-order valence-corrected chi connectivity index (χ1v) is 7.08. The Kier molecular flexibility index (Phi) is 4.45. The molecule has 2 fully saturated rings. The zero-order valence-corrected chi connectivity index (χ0v) is 11.4. The molecule has 0 spiro atoms. The lowest BCUT2D eigenvalue weighted by Crippen LogP contribution is -2.39. The zero-order valence-electron chi connectivity index (χ0n) is 11.4. The lowest BCUT2D eigenvalue weighted by atomic mass is 9.79. The van der Waals surface area contributed by atoms with Crippen LogP contribution in [0.15, 0.2) is 0 Å². The largest absolute Gasteiger partial charge is 0.381 e. The number of rotatable bonds is 3. The predicted octanol–water partition coefficient (Wildman–Crippen LogP) is 2.19. The maximum absolute atomic E-state index is 6.43. The fourth-order valence-electron chi connectivity index (χ4n) is 3.56. The molecule has 0 bridgehead atoms. The molecule has 0 aliphatic carbocycles. The highest BCUT2D eigenvalue weighted by Gasteiger charge is 2.40. The fourth-order valence-corrected chi connectivity index (χ4v) is 3.56. The van der Waals surface area contributed by atoms with Crippen LogP contribution in [0.5, 0.6) is 0 Å². The first-order chi connectivity index (χ1) is 8.09. The molecule has 2 rings (SSSR count). The van der Waals surface area contributed by atoms with Gasteiger partial charge < -0.3 is 15.2 Å². The van der Waals surface area contributed by atoms with Gasteiger partial charge in [0.1, 0.15) is 0 Å². The van der Waals surface area contributed by atoms with E-state index in [1.807, 2.05) is 0 Å². The average Bonchev–Trinajstić information content (AvgIpc) is 2.54. The van der Waals surface area contributed by atoms with E-state index in [4.69, 9.17) is 15.2 Å². The van der Waals surface area contributed by atoms with Crippen molar-refractivity contribution in [2.45, 2.75) is 58.3 Å². The standard InChI is InChI=1S/C14H27NO2/c1-9-10(2)17-11(3)14(9)13(15)8-12-4-6-16-7-5-12/h9-14H,4-8,15H2,1-3H3. The molecule has 2 saturated heterocycles. The molecular weight excluding hydrogens is 214 g/mol. The Bertz CT molecular complexity index is 240. The molecule has 100 valence electrons. The van der Waals surface area contributed by atoms with Crippen molar-refractivity contribution in [1.82, 2.24) is 0 Å². The van der Waals surface area contributed by atoms with Gasteiger partial charge in [0.2, 0.25) is 0 Å². The molecule has 2 N–H and O–H groups in total. The summed E-state index contributed by atoms with van der Waals surface area (Å²) in [6.45, 7) is 8.46. The van der Waals surface area contributed by atoms with Gasteiger partial charge in [0.25, 0.3) is 0 Å². The molecule has 5 atom stereocenters. The van der Waals surface area contributed by atoms with Crippen LogP contribution in [0.1, 0.15) is 40.0 Å². The van der Waals surface area contributed by atoms with Crippen LogP contribution in [-0.4, -0.2) is 31.5 Å². The summed E-state index contributed by atoms with van der Waals surface area (Å²) in [5.41, 5.74) is 6.43. The molecule has 0 saturated carbocycles. The van der Waals surface area contributed by atoms with Crippen molar-refractivity contribution in [2.24, 2.45) is 23.5 Å². The fraction of sp³-hybridized carbons (Fsp3) is 1.00. The van der Waals surface area contributed by atoms with E-state index in [0.29, 0.717) is 24.0 Å². The van der Waals surface area contributed by atoms with E-state index >= 15 is 0 Å². The molecule has 2 heterocycles. The topological polar surface area (TPSA) is 44.5 Å².